The van der Waals surface area contributed by atoms with Gasteiger partial charge in [0.05, 0.1) is 0 Å². The number of rotatable bonds is 2. The van der Waals surface area contributed by atoms with Crippen molar-refractivity contribution in [3.8, 4) is 0 Å². The van der Waals surface area contributed by atoms with Crippen molar-refractivity contribution in [2.24, 2.45) is 0 Å². The van der Waals surface area contributed by atoms with Crippen LogP contribution in [0.3, 0.4) is 0 Å². The van der Waals surface area contributed by atoms with E-state index in [4.69, 9.17) is 0 Å². The summed E-state index contributed by atoms with van der Waals surface area (Å²) in [6, 6.07) is 0. The number of hydrogen-bond donors (Lipinski definition) is 0. The summed E-state index contributed by atoms with van der Waals surface area (Å²) in [5.74, 6) is 0.330. The van der Waals surface area contributed by atoms with Crippen molar-refractivity contribution in [3.05, 3.63) is 11.6 Å². The molecule has 1 aliphatic rings. The first-order valence-electron chi connectivity index (χ1n) is 4.07. The molecule has 0 N–H and O–H groups in total. The number of carbonyl (C=O) groups excluding carboxylic acids is 1. The van der Waals surface area contributed by atoms with Crippen LogP contribution < -0.4 is 0 Å². The molecule has 1 aliphatic carbocycles. The van der Waals surface area contributed by atoms with E-state index in [1.54, 1.807) is 0 Å². The molecule has 58 valence electrons. The highest BCUT2D eigenvalue weighted by Gasteiger charge is 2.11. The zero-order valence-electron chi connectivity index (χ0n) is 7.11. The molecule has 1 nitrogen and oxygen atoms in total. The van der Waals surface area contributed by atoms with Crippen LogP contribution >= 0.6 is 0 Å². The van der Waals surface area contributed by atoms with Gasteiger partial charge in [-0.15, -0.1) is 0 Å². The quantitative estimate of drug-likeness (QED) is 0.576. The Morgan fingerprint density at radius 2 is 2.10 bits per heavy atom. The molecule has 0 aromatic carbocycles. The van der Waals surface area contributed by atoms with E-state index < -0.39 is 0 Å². The molecule has 0 fully saturated rings. The summed E-state index contributed by atoms with van der Waals surface area (Å²) in [7, 11) is 0. The highest BCUT2D eigenvalue weighted by Crippen LogP contribution is 2.19. The third-order valence-corrected chi connectivity index (χ3v) is 1.48. The van der Waals surface area contributed by atoms with Gasteiger partial charge in [-0.05, 0) is 18.4 Å². The third-order valence-electron chi connectivity index (χ3n) is 1.48. The maximum atomic E-state index is 10.7. The van der Waals surface area contributed by atoms with Gasteiger partial charge >= 0.3 is 0 Å². The largest absolute Gasteiger partial charge is 0.295 e. The smallest absolute Gasteiger partial charge is 0.158 e. The van der Waals surface area contributed by atoms with Gasteiger partial charge in [0.2, 0.25) is 0 Å². The van der Waals surface area contributed by atoms with Crippen LogP contribution in [-0.4, -0.2) is 5.78 Å². The van der Waals surface area contributed by atoms with Crippen molar-refractivity contribution < 1.29 is 4.79 Å². The van der Waals surface area contributed by atoms with E-state index in [1.807, 2.05) is 26.8 Å². The lowest BCUT2D eigenvalue weighted by molar-refractivity contribution is -0.115. The van der Waals surface area contributed by atoms with Crippen LogP contribution in [0.4, 0.5) is 0 Å². The molecule has 0 aliphatic heterocycles. The maximum Gasteiger partial charge on any atom is 0.158 e. The molecule has 0 saturated heterocycles. The highest BCUT2D eigenvalue weighted by atomic mass is 16.1. The monoisotopic (exact) mass is 140 g/mol. The van der Waals surface area contributed by atoms with E-state index in [1.165, 1.54) is 0 Å². The van der Waals surface area contributed by atoms with Crippen molar-refractivity contribution in [2.45, 2.75) is 40.0 Å². The van der Waals surface area contributed by atoms with Crippen LogP contribution in [0.15, 0.2) is 11.6 Å². The lowest BCUT2D eigenvalue weighted by atomic mass is 9.94. The van der Waals surface area contributed by atoms with Crippen LogP contribution in [-0.2, 0) is 4.79 Å². The molecule has 0 radical (unpaired) electrons. The summed E-state index contributed by atoms with van der Waals surface area (Å²) in [6.07, 6.45) is 4.82. The van der Waals surface area contributed by atoms with E-state index in [0.717, 1.165) is 18.4 Å². The highest BCUT2D eigenvalue weighted by molar-refractivity contribution is 5.96. The van der Waals surface area contributed by atoms with Crippen molar-refractivity contribution in [1.29, 1.82) is 0 Å². The van der Waals surface area contributed by atoms with Crippen LogP contribution in [0.5, 0.6) is 0 Å². The Bertz CT molecular complexity index is 134. The Kier molecular flexibility index (Phi) is 4.91. The van der Waals surface area contributed by atoms with E-state index in [9.17, 15) is 4.79 Å². The molecule has 0 bridgehead atoms. The zero-order chi connectivity index (χ0) is 7.98. The molecule has 0 amide bonds. The molecule has 0 spiro atoms. The van der Waals surface area contributed by atoms with E-state index >= 15 is 0 Å². The predicted molar refractivity (Wildman–Crippen MR) is 44.0 cm³/mol. The van der Waals surface area contributed by atoms with Gasteiger partial charge in [0.15, 0.2) is 5.78 Å². The van der Waals surface area contributed by atoms with E-state index in [2.05, 4.69) is 0 Å². The molecule has 1 rings (SSSR count). The number of Topliss-reactive ketones (excluding diaryl/α,β-unsaturated/α-hetero) is 1. The number of ketones is 1. The van der Waals surface area contributed by atoms with Gasteiger partial charge < -0.3 is 0 Å². The second-order valence-corrected chi connectivity index (χ2v) is 2.04. The topological polar surface area (TPSA) is 17.1 Å². The third kappa shape index (κ3) is 2.34. The molecule has 0 aromatic heterocycles. The average molecular weight is 140 g/mol. The minimum Gasteiger partial charge on any atom is -0.295 e. The molecule has 10 heavy (non-hydrogen) atoms. The first-order valence-corrected chi connectivity index (χ1v) is 4.07. The number of hydrogen-bond acceptors (Lipinski definition) is 1. The molecule has 0 saturated carbocycles. The molecule has 0 atom stereocenters. The lowest BCUT2D eigenvalue weighted by Crippen LogP contribution is -2.05. The Morgan fingerprint density at radius 3 is 2.20 bits per heavy atom. The summed E-state index contributed by atoms with van der Waals surface area (Å²) in [6.45, 7) is 5.90. The van der Waals surface area contributed by atoms with Gasteiger partial charge in [-0.3, -0.25) is 4.79 Å². The Morgan fingerprint density at radius 1 is 1.60 bits per heavy atom. The van der Waals surface area contributed by atoms with Crippen molar-refractivity contribution >= 4 is 5.78 Å². The van der Waals surface area contributed by atoms with E-state index in [0.29, 0.717) is 12.2 Å². The normalized spacial score (nSPS) is 14.1. The molecule has 0 unspecified atom stereocenters. The fraction of sp³-hybridized carbons (Fsp3) is 0.667. The minimum atomic E-state index is 0.330. The van der Waals surface area contributed by atoms with Gasteiger partial charge in [-0.1, -0.05) is 26.8 Å². The molecular weight excluding hydrogens is 124 g/mol. The van der Waals surface area contributed by atoms with Gasteiger partial charge in [-0.2, -0.15) is 0 Å². The van der Waals surface area contributed by atoms with E-state index in [-0.39, 0.29) is 0 Å². The molecule has 0 heterocycles. The van der Waals surface area contributed by atoms with Crippen LogP contribution in [0.1, 0.15) is 40.0 Å². The van der Waals surface area contributed by atoms with Gasteiger partial charge in [0.1, 0.15) is 0 Å². The summed E-state index contributed by atoms with van der Waals surface area (Å²) in [5, 5.41) is 0. The fourth-order valence-electron chi connectivity index (χ4n) is 0.769. The molecule has 1 heteroatoms. The fourth-order valence-corrected chi connectivity index (χ4v) is 0.769. The first-order chi connectivity index (χ1) is 4.84. The van der Waals surface area contributed by atoms with Crippen molar-refractivity contribution in [2.75, 3.05) is 0 Å². The lowest BCUT2D eigenvalue weighted by Gasteiger charge is -2.10. The Labute approximate surface area is 63.1 Å². The van der Waals surface area contributed by atoms with Crippen LogP contribution in [0, 0.1) is 0 Å². The maximum absolute atomic E-state index is 10.7. The Balaban J connectivity index is 0.000000371. The van der Waals surface area contributed by atoms with Crippen LogP contribution in [0.25, 0.3) is 0 Å². The molecular formula is C9H16O. The SMILES string of the molecule is CC.CCC(=O)C1=CCC1. The second kappa shape index (κ2) is 5.21. The summed E-state index contributed by atoms with van der Waals surface area (Å²) in [4.78, 5) is 10.7. The van der Waals surface area contributed by atoms with Gasteiger partial charge in [0.25, 0.3) is 0 Å². The standard InChI is InChI=1S/C7H10O.C2H6/c1-2-7(8)6-4-3-5-6;1-2/h4H,2-3,5H2,1H3;1-2H3. The molecule has 0 aromatic rings. The summed E-state index contributed by atoms with van der Waals surface area (Å²) >= 11 is 0. The summed E-state index contributed by atoms with van der Waals surface area (Å²) < 4.78 is 0. The number of allylic oxidation sites excluding steroid dienone is 2. The Hall–Kier alpha value is -0.590. The van der Waals surface area contributed by atoms with Gasteiger partial charge in [0, 0.05) is 6.42 Å². The van der Waals surface area contributed by atoms with Crippen LogP contribution in [0.2, 0.25) is 0 Å². The zero-order valence-corrected chi connectivity index (χ0v) is 7.11. The second-order valence-electron chi connectivity index (χ2n) is 2.04. The first kappa shape index (κ1) is 9.41. The predicted octanol–water partition coefficient (Wildman–Crippen LogP) is 2.71. The van der Waals surface area contributed by atoms with Gasteiger partial charge in [-0.25, -0.2) is 0 Å². The van der Waals surface area contributed by atoms with Crippen molar-refractivity contribution in [1.82, 2.24) is 0 Å². The average Bonchev–Trinajstić information content (AvgIpc) is 1.89. The number of carbonyl (C=O) groups is 1. The van der Waals surface area contributed by atoms with Crippen molar-refractivity contribution in [3.63, 3.8) is 0 Å². The minimum absolute atomic E-state index is 0.330. The summed E-state index contributed by atoms with van der Waals surface area (Å²) in [5.41, 5.74) is 1.05.